The predicted octanol–water partition coefficient (Wildman–Crippen LogP) is 2.34. The highest BCUT2D eigenvalue weighted by Crippen LogP contribution is 2.19. The maximum Gasteiger partial charge on any atom is 0.304 e. The highest BCUT2D eigenvalue weighted by molar-refractivity contribution is 5.34. The molecule has 1 saturated heterocycles. The minimum absolute atomic E-state index is 0.158. The smallest absolute Gasteiger partial charge is 0.304 e. The van der Waals surface area contributed by atoms with Gasteiger partial charge in [-0.1, -0.05) is 6.07 Å². The minimum atomic E-state index is -0.776. The van der Waals surface area contributed by atoms with Crippen molar-refractivity contribution in [1.29, 1.82) is 0 Å². The van der Waals surface area contributed by atoms with Gasteiger partial charge in [-0.3, -0.25) is 15.0 Å². The first kappa shape index (κ1) is 13.9. The van der Waals surface area contributed by atoms with E-state index in [9.17, 15) is 14.5 Å². The number of hydrogen-bond acceptors (Lipinski definition) is 4. The second-order valence-electron chi connectivity index (χ2n) is 4.81. The molecule has 0 saturated carbocycles. The number of hydrogen-bond donors (Lipinski definition) is 0. The zero-order chi connectivity index (χ0) is 13.8. The van der Waals surface area contributed by atoms with E-state index in [1.165, 1.54) is 12.1 Å². The summed E-state index contributed by atoms with van der Waals surface area (Å²) in [5, 5.41) is 10.6. The van der Waals surface area contributed by atoms with Crippen LogP contribution in [0.4, 0.5) is 10.1 Å². The van der Waals surface area contributed by atoms with Gasteiger partial charge < -0.3 is 4.74 Å². The SMILES string of the molecule is CC1CN(Cc2ccc([N+](=O)[O-])c(F)c2)CCCO1. The van der Waals surface area contributed by atoms with Crippen molar-refractivity contribution in [2.45, 2.75) is 26.0 Å². The molecule has 1 atom stereocenters. The Morgan fingerprint density at radius 2 is 2.37 bits per heavy atom. The molecule has 0 aromatic heterocycles. The van der Waals surface area contributed by atoms with Gasteiger partial charge in [0.15, 0.2) is 0 Å². The van der Waals surface area contributed by atoms with Crippen molar-refractivity contribution in [3.8, 4) is 0 Å². The Labute approximate surface area is 111 Å². The van der Waals surface area contributed by atoms with E-state index in [-0.39, 0.29) is 6.10 Å². The quantitative estimate of drug-likeness (QED) is 0.623. The van der Waals surface area contributed by atoms with E-state index in [0.29, 0.717) is 6.54 Å². The third kappa shape index (κ3) is 3.71. The standard InChI is InChI=1S/C13H17FN2O3/c1-10-8-15(5-2-6-19-10)9-11-3-4-13(16(17)18)12(14)7-11/h3-4,7,10H,2,5-6,8-9H2,1H3. The summed E-state index contributed by atoms with van der Waals surface area (Å²) in [6.07, 6.45) is 1.10. The molecule has 0 spiro atoms. The predicted molar refractivity (Wildman–Crippen MR) is 68.4 cm³/mol. The van der Waals surface area contributed by atoms with Gasteiger partial charge in [0, 0.05) is 32.3 Å². The number of nitrogens with zero attached hydrogens (tertiary/aromatic N) is 2. The molecule has 5 nitrogen and oxygen atoms in total. The van der Waals surface area contributed by atoms with Crippen molar-refractivity contribution in [2.24, 2.45) is 0 Å². The lowest BCUT2D eigenvalue weighted by molar-refractivity contribution is -0.387. The zero-order valence-electron chi connectivity index (χ0n) is 10.8. The molecular formula is C13H17FN2O3. The molecule has 1 unspecified atom stereocenters. The Hall–Kier alpha value is -1.53. The summed E-state index contributed by atoms with van der Waals surface area (Å²) >= 11 is 0. The molecular weight excluding hydrogens is 251 g/mol. The molecule has 1 aromatic carbocycles. The van der Waals surface area contributed by atoms with Crippen LogP contribution in [0.5, 0.6) is 0 Å². The van der Waals surface area contributed by atoms with Gasteiger partial charge in [0.05, 0.1) is 11.0 Å². The highest BCUT2D eigenvalue weighted by atomic mass is 19.1. The van der Waals surface area contributed by atoms with Crippen LogP contribution in [0.25, 0.3) is 0 Å². The normalized spacial score (nSPS) is 21.1. The Morgan fingerprint density at radius 3 is 3.05 bits per heavy atom. The Balaban J connectivity index is 2.06. The fourth-order valence-corrected chi connectivity index (χ4v) is 2.28. The van der Waals surface area contributed by atoms with Crippen LogP contribution in [0.3, 0.4) is 0 Å². The summed E-state index contributed by atoms with van der Waals surface area (Å²) in [5.41, 5.74) is 0.272. The van der Waals surface area contributed by atoms with Gasteiger partial charge in [0.25, 0.3) is 0 Å². The van der Waals surface area contributed by atoms with Crippen molar-refractivity contribution < 1.29 is 14.1 Å². The lowest BCUT2D eigenvalue weighted by Crippen LogP contribution is -2.29. The fraction of sp³-hybridized carbons (Fsp3) is 0.538. The number of nitro groups is 1. The number of nitro benzene ring substituents is 1. The van der Waals surface area contributed by atoms with Gasteiger partial charge in [0.2, 0.25) is 5.82 Å². The first-order chi connectivity index (χ1) is 9.06. The van der Waals surface area contributed by atoms with E-state index in [0.717, 1.165) is 31.7 Å². The lowest BCUT2D eigenvalue weighted by atomic mass is 10.1. The van der Waals surface area contributed by atoms with E-state index < -0.39 is 16.4 Å². The second-order valence-corrected chi connectivity index (χ2v) is 4.81. The Bertz CT molecular complexity index is 467. The van der Waals surface area contributed by atoms with Crippen molar-refractivity contribution >= 4 is 5.69 Å². The maximum atomic E-state index is 13.5. The minimum Gasteiger partial charge on any atom is -0.377 e. The van der Waals surface area contributed by atoms with Crippen LogP contribution in [0, 0.1) is 15.9 Å². The average Bonchev–Trinajstić information content (AvgIpc) is 2.53. The highest BCUT2D eigenvalue weighted by Gasteiger charge is 2.17. The number of rotatable bonds is 3. The topological polar surface area (TPSA) is 55.6 Å². The van der Waals surface area contributed by atoms with E-state index in [1.54, 1.807) is 6.07 Å². The van der Waals surface area contributed by atoms with Crippen LogP contribution in [0.15, 0.2) is 18.2 Å². The van der Waals surface area contributed by atoms with Crippen LogP contribution in [0.1, 0.15) is 18.9 Å². The van der Waals surface area contributed by atoms with E-state index in [2.05, 4.69) is 4.90 Å². The van der Waals surface area contributed by atoms with Crippen LogP contribution in [0.2, 0.25) is 0 Å². The van der Waals surface area contributed by atoms with Crippen molar-refractivity contribution in [3.05, 3.63) is 39.7 Å². The van der Waals surface area contributed by atoms with Crippen LogP contribution >= 0.6 is 0 Å². The maximum absolute atomic E-state index is 13.5. The molecule has 0 radical (unpaired) electrons. The first-order valence-corrected chi connectivity index (χ1v) is 6.33. The molecule has 0 bridgehead atoms. The molecule has 2 rings (SSSR count). The molecule has 0 aliphatic carbocycles. The van der Waals surface area contributed by atoms with Gasteiger partial charge >= 0.3 is 5.69 Å². The first-order valence-electron chi connectivity index (χ1n) is 6.33. The summed E-state index contributed by atoms with van der Waals surface area (Å²) in [6.45, 7) is 5.02. The van der Waals surface area contributed by atoms with Crippen LogP contribution < -0.4 is 0 Å². The van der Waals surface area contributed by atoms with E-state index >= 15 is 0 Å². The molecule has 19 heavy (non-hydrogen) atoms. The van der Waals surface area contributed by atoms with Gasteiger partial charge in [-0.15, -0.1) is 0 Å². The van der Waals surface area contributed by atoms with Crippen molar-refractivity contribution in [2.75, 3.05) is 19.7 Å². The van der Waals surface area contributed by atoms with Gasteiger partial charge in [-0.25, -0.2) is 0 Å². The number of benzene rings is 1. The number of ether oxygens (including phenoxy) is 1. The van der Waals surface area contributed by atoms with Crippen LogP contribution in [-0.4, -0.2) is 35.6 Å². The molecule has 1 heterocycles. The van der Waals surface area contributed by atoms with E-state index in [4.69, 9.17) is 4.74 Å². The lowest BCUT2D eigenvalue weighted by Gasteiger charge is -2.21. The fourth-order valence-electron chi connectivity index (χ4n) is 2.28. The summed E-state index contributed by atoms with van der Waals surface area (Å²) in [7, 11) is 0. The summed E-state index contributed by atoms with van der Waals surface area (Å²) in [6, 6.07) is 4.08. The largest absolute Gasteiger partial charge is 0.377 e. The Morgan fingerprint density at radius 1 is 1.58 bits per heavy atom. The molecule has 0 N–H and O–H groups in total. The summed E-state index contributed by atoms with van der Waals surface area (Å²) in [5.74, 6) is -0.776. The van der Waals surface area contributed by atoms with Gasteiger partial charge in [0.1, 0.15) is 0 Å². The molecule has 0 amide bonds. The molecule has 1 fully saturated rings. The molecule has 1 aromatic rings. The summed E-state index contributed by atoms with van der Waals surface area (Å²) < 4.78 is 19.1. The Kier molecular flexibility index (Phi) is 4.44. The van der Waals surface area contributed by atoms with Crippen molar-refractivity contribution in [1.82, 2.24) is 4.90 Å². The average molecular weight is 268 g/mol. The van der Waals surface area contributed by atoms with E-state index in [1.807, 2.05) is 6.92 Å². The third-order valence-corrected chi connectivity index (χ3v) is 3.15. The van der Waals surface area contributed by atoms with Gasteiger partial charge in [-0.05, 0) is 25.0 Å². The van der Waals surface area contributed by atoms with Gasteiger partial charge in [-0.2, -0.15) is 4.39 Å². The number of halogens is 1. The van der Waals surface area contributed by atoms with Crippen LogP contribution in [-0.2, 0) is 11.3 Å². The molecule has 104 valence electrons. The molecule has 1 aliphatic rings. The monoisotopic (exact) mass is 268 g/mol. The van der Waals surface area contributed by atoms with Crippen molar-refractivity contribution in [3.63, 3.8) is 0 Å². The molecule has 6 heteroatoms. The molecule has 1 aliphatic heterocycles. The third-order valence-electron chi connectivity index (χ3n) is 3.15. The summed E-state index contributed by atoms with van der Waals surface area (Å²) in [4.78, 5) is 12.0. The zero-order valence-corrected chi connectivity index (χ0v) is 10.8. The second kappa shape index (κ2) is 6.08.